The molecule has 0 aliphatic carbocycles. The highest BCUT2D eigenvalue weighted by Crippen LogP contribution is 2.01. The Labute approximate surface area is 115 Å². The van der Waals surface area contributed by atoms with E-state index < -0.39 is 0 Å². The summed E-state index contributed by atoms with van der Waals surface area (Å²) in [6.07, 6.45) is 9.78. The summed E-state index contributed by atoms with van der Waals surface area (Å²) < 4.78 is 11.0. The Bertz CT molecular complexity index is 107. The van der Waals surface area contributed by atoms with Gasteiger partial charge in [-0.05, 0) is 45.3 Å². The van der Waals surface area contributed by atoms with Gasteiger partial charge in [0.2, 0.25) is 0 Å². The molecule has 0 aromatic carbocycles. The molecule has 1 nitrogen and oxygen atoms in total. The first kappa shape index (κ1) is 20.2. The van der Waals surface area contributed by atoms with Crippen molar-refractivity contribution >= 4 is 0 Å². The maximum Gasteiger partial charge on any atom is 0.0894 e. The monoisotopic (exact) mass is 261 g/mol. The van der Waals surface area contributed by atoms with Gasteiger partial charge in [0.05, 0.1) is 6.67 Å². The Morgan fingerprint density at radius 2 is 0.944 bits per heavy atom. The second-order valence-corrected chi connectivity index (χ2v) is 4.94. The Hall–Kier alpha value is -0.110. The third-order valence-electron chi connectivity index (χ3n) is 2.97. The van der Waals surface area contributed by atoms with Crippen LogP contribution in [-0.2, 0) is 0 Å². The summed E-state index contributed by atoms with van der Waals surface area (Å²) in [5.41, 5.74) is 0. The van der Waals surface area contributed by atoms with Crippen molar-refractivity contribution in [3.63, 3.8) is 0 Å². The molecule has 112 valence electrons. The molecule has 0 fully saturated rings. The van der Waals surface area contributed by atoms with Gasteiger partial charge in [0.1, 0.15) is 0 Å². The minimum absolute atomic E-state index is 0.156. The van der Waals surface area contributed by atoms with Crippen LogP contribution in [0, 0.1) is 0 Å². The van der Waals surface area contributed by atoms with E-state index in [2.05, 4.69) is 25.7 Å². The van der Waals surface area contributed by atoms with E-state index in [1.54, 1.807) is 0 Å². The molecule has 0 rings (SSSR count). The van der Waals surface area contributed by atoms with E-state index in [4.69, 9.17) is 0 Å². The second kappa shape index (κ2) is 19.2. The minimum atomic E-state index is -0.156. The molecular weight excluding hydrogens is 225 g/mol. The van der Waals surface area contributed by atoms with Crippen LogP contribution in [0.15, 0.2) is 0 Å². The van der Waals surface area contributed by atoms with Crippen molar-refractivity contribution in [1.82, 2.24) is 4.90 Å². The van der Waals surface area contributed by atoms with Gasteiger partial charge in [0.15, 0.2) is 0 Å². The average Bonchev–Trinajstić information content (AvgIpc) is 2.39. The third-order valence-corrected chi connectivity index (χ3v) is 2.97. The van der Waals surface area contributed by atoms with Gasteiger partial charge >= 0.3 is 0 Å². The molecule has 0 aliphatic heterocycles. The Balaban J connectivity index is 0. The van der Waals surface area contributed by atoms with Gasteiger partial charge in [0, 0.05) is 0 Å². The maximum atomic E-state index is 11.0. The maximum absolute atomic E-state index is 11.0. The molecule has 0 aliphatic rings. The first-order chi connectivity index (χ1) is 8.76. The molecule has 0 heterocycles. The summed E-state index contributed by atoms with van der Waals surface area (Å²) in [5, 5.41) is 0. The molecule has 0 bridgehead atoms. The van der Waals surface area contributed by atoms with Crippen molar-refractivity contribution in [3.8, 4) is 0 Å². The quantitative estimate of drug-likeness (QED) is 0.478. The van der Waals surface area contributed by atoms with Crippen molar-refractivity contribution in [1.29, 1.82) is 0 Å². The fourth-order valence-corrected chi connectivity index (χ4v) is 1.61. The Kier molecular flexibility index (Phi) is 21.6. The highest BCUT2D eigenvalue weighted by atomic mass is 19.1. The molecule has 0 saturated heterocycles. The van der Waals surface area contributed by atoms with Gasteiger partial charge in [-0.3, -0.25) is 4.39 Å². The van der Waals surface area contributed by atoms with Crippen molar-refractivity contribution in [2.45, 2.75) is 79.1 Å². The van der Waals surface area contributed by atoms with Crippen molar-refractivity contribution in [2.75, 3.05) is 26.3 Å². The number of rotatable bonds is 11. The molecule has 0 aromatic heterocycles. The van der Waals surface area contributed by atoms with E-state index in [0.717, 1.165) is 12.8 Å². The highest BCUT2D eigenvalue weighted by molar-refractivity contribution is 4.57. The molecule has 2 heteroatoms. The van der Waals surface area contributed by atoms with Crippen LogP contribution in [0.5, 0.6) is 0 Å². The number of unbranched alkanes of at least 4 members (excludes halogenated alkanes) is 4. The fourth-order valence-electron chi connectivity index (χ4n) is 1.61. The zero-order valence-electron chi connectivity index (χ0n) is 13.3. The van der Waals surface area contributed by atoms with Crippen LogP contribution >= 0.6 is 0 Å². The summed E-state index contributed by atoms with van der Waals surface area (Å²) >= 11 is 0. The molecule has 18 heavy (non-hydrogen) atoms. The van der Waals surface area contributed by atoms with Gasteiger partial charge in [-0.2, -0.15) is 0 Å². The fraction of sp³-hybridized carbons (Fsp3) is 1.00. The van der Waals surface area contributed by atoms with Crippen LogP contribution in [0.25, 0.3) is 0 Å². The number of hydrogen-bond donors (Lipinski definition) is 0. The van der Waals surface area contributed by atoms with Crippen LogP contribution in [0.3, 0.4) is 0 Å². The lowest BCUT2D eigenvalue weighted by atomic mass is 10.2. The molecule has 0 aromatic rings. The van der Waals surface area contributed by atoms with E-state index in [1.165, 1.54) is 58.2 Å². The second-order valence-electron chi connectivity index (χ2n) is 4.94. The first-order valence-electron chi connectivity index (χ1n) is 8.04. The van der Waals surface area contributed by atoms with Crippen LogP contribution in [0.2, 0.25) is 0 Å². The molecule has 0 unspecified atom stereocenters. The lowest BCUT2D eigenvalue weighted by molar-refractivity contribution is 0.261. The number of hydrogen-bond acceptors (Lipinski definition) is 1. The largest absolute Gasteiger partial charge is 0.303 e. The normalized spacial score (nSPS) is 10.3. The van der Waals surface area contributed by atoms with Gasteiger partial charge in [0.25, 0.3) is 0 Å². The van der Waals surface area contributed by atoms with E-state index in [1.807, 2.05) is 6.92 Å². The van der Waals surface area contributed by atoms with Gasteiger partial charge in [-0.15, -0.1) is 0 Å². The van der Waals surface area contributed by atoms with Crippen LogP contribution in [0.1, 0.15) is 79.1 Å². The molecule has 0 spiro atoms. The standard InChI is InChI=1S/C12H27N.C4H9F/c1-4-7-10-13(11-8-5-2)12-9-6-3;1-2-3-4-5/h4-12H2,1-3H3;2-4H2,1H3. The minimum Gasteiger partial charge on any atom is -0.303 e. The summed E-state index contributed by atoms with van der Waals surface area (Å²) in [6, 6.07) is 0. The van der Waals surface area contributed by atoms with Gasteiger partial charge in [-0.1, -0.05) is 53.4 Å². The number of halogens is 1. The Morgan fingerprint density at radius 1 is 0.611 bits per heavy atom. The van der Waals surface area contributed by atoms with E-state index in [9.17, 15) is 4.39 Å². The topological polar surface area (TPSA) is 3.24 Å². The zero-order valence-corrected chi connectivity index (χ0v) is 13.3. The highest BCUT2D eigenvalue weighted by Gasteiger charge is 2.01. The van der Waals surface area contributed by atoms with Crippen molar-refractivity contribution in [2.24, 2.45) is 0 Å². The van der Waals surface area contributed by atoms with E-state index in [0.29, 0.717) is 0 Å². The third kappa shape index (κ3) is 18.3. The summed E-state index contributed by atoms with van der Waals surface area (Å²) in [7, 11) is 0. The molecule has 0 N–H and O–H groups in total. The summed E-state index contributed by atoms with van der Waals surface area (Å²) in [5.74, 6) is 0. The van der Waals surface area contributed by atoms with Crippen LogP contribution in [0.4, 0.5) is 4.39 Å². The lowest BCUT2D eigenvalue weighted by Crippen LogP contribution is -2.27. The molecular formula is C16H36FN. The van der Waals surface area contributed by atoms with Crippen LogP contribution in [-0.4, -0.2) is 31.2 Å². The molecule has 0 radical (unpaired) electrons. The van der Waals surface area contributed by atoms with Gasteiger partial charge < -0.3 is 4.90 Å². The SMILES string of the molecule is CCCCF.CCCCN(CCCC)CCCC. The van der Waals surface area contributed by atoms with E-state index in [-0.39, 0.29) is 6.67 Å². The molecule has 0 saturated carbocycles. The average molecular weight is 261 g/mol. The number of nitrogens with zero attached hydrogens (tertiary/aromatic N) is 1. The predicted octanol–water partition coefficient (Wildman–Crippen LogP) is 5.44. The molecule has 0 atom stereocenters. The summed E-state index contributed by atoms with van der Waals surface area (Å²) in [6.45, 7) is 12.6. The van der Waals surface area contributed by atoms with Gasteiger partial charge in [-0.25, -0.2) is 0 Å². The summed E-state index contributed by atoms with van der Waals surface area (Å²) in [4.78, 5) is 2.64. The Morgan fingerprint density at radius 3 is 1.11 bits per heavy atom. The van der Waals surface area contributed by atoms with E-state index >= 15 is 0 Å². The van der Waals surface area contributed by atoms with Crippen molar-refractivity contribution in [3.05, 3.63) is 0 Å². The molecule has 0 amide bonds. The first-order valence-corrected chi connectivity index (χ1v) is 8.04. The zero-order chi connectivity index (χ0) is 14.1. The smallest absolute Gasteiger partial charge is 0.0894 e. The number of alkyl halides is 1. The lowest BCUT2D eigenvalue weighted by Gasteiger charge is -2.21. The predicted molar refractivity (Wildman–Crippen MR) is 82.0 cm³/mol. The van der Waals surface area contributed by atoms with Crippen LogP contribution < -0.4 is 0 Å². The van der Waals surface area contributed by atoms with Crippen molar-refractivity contribution < 1.29 is 4.39 Å².